The average molecular weight is 334 g/mol. The Kier molecular flexibility index (Phi) is 5.61. The van der Waals surface area contributed by atoms with Gasteiger partial charge in [-0.3, -0.25) is 0 Å². The number of methoxy groups -OCH3 is 1. The number of cyclic esters (lactones) is 1. The number of carbonyl (C=O) groups is 1. The standard InChI is InChI=1S/C15H17F3O5/c1-21-13-11(15(16,17)18)12(23-14(13)20)10(19)8-22-7-9-5-3-2-4-6-9/h2-6,10-13,19H,7-8H2,1H3/t10-,11-,12+,13-/m0/s1. The maximum atomic E-state index is 13.1. The van der Waals surface area contributed by atoms with E-state index in [9.17, 15) is 23.1 Å². The Balaban J connectivity index is 1.97. The summed E-state index contributed by atoms with van der Waals surface area (Å²) < 4.78 is 53.7. The lowest BCUT2D eigenvalue weighted by molar-refractivity contribution is -0.216. The van der Waals surface area contributed by atoms with Gasteiger partial charge in [0.15, 0.2) is 6.10 Å². The highest BCUT2D eigenvalue weighted by Crippen LogP contribution is 2.40. The first-order chi connectivity index (χ1) is 10.8. The summed E-state index contributed by atoms with van der Waals surface area (Å²) in [5.41, 5.74) is 0.810. The van der Waals surface area contributed by atoms with Crippen LogP contribution in [0.15, 0.2) is 30.3 Å². The van der Waals surface area contributed by atoms with Crippen LogP contribution in [0.5, 0.6) is 0 Å². The summed E-state index contributed by atoms with van der Waals surface area (Å²) in [5.74, 6) is -3.36. The molecule has 2 rings (SSSR count). The van der Waals surface area contributed by atoms with Crippen LogP contribution in [0, 0.1) is 5.92 Å². The molecule has 0 saturated carbocycles. The number of rotatable bonds is 6. The summed E-state index contributed by atoms with van der Waals surface area (Å²) in [6.07, 6.45) is -9.86. The number of aliphatic hydroxyl groups excluding tert-OH is 1. The molecule has 1 fully saturated rings. The molecule has 0 aliphatic carbocycles. The molecule has 128 valence electrons. The summed E-state index contributed by atoms with van der Waals surface area (Å²) in [5, 5.41) is 9.93. The lowest BCUT2D eigenvalue weighted by atomic mass is 9.94. The Labute approximate surface area is 131 Å². The van der Waals surface area contributed by atoms with Crippen LogP contribution in [0.4, 0.5) is 13.2 Å². The molecule has 4 atom stereocenters. The Morgan fingerprint density at radius 1 is 1.30 bits per heavy atom. The van der Waals surface area contributed by atoms with Crippen LogP contribution in [-0.4, -0.2) is 49.3 Å². The second-order valence-corrected chi connectivity index (χ2v) is 5.19. The number of carbonyl (C=O) groups excluding carboxylic acids is 1. The van der Waals surface area contributed by atoms with Crippen molar-refractivity contribution in [2.24, 2.45) is 5.92 Å². The maximum absolute atomic E-state index is 13.1. The predicted octanol–water partition coefficient (Wildman–Crippen LogP) is 1.68. The van der Waals surface area contributed by atoms with E-state index in [2.05, 4.69) is 9.47 Å². The number of ether oxygens (including phenoxy) is 3. The number of hydrogen-bond acceptors (Lipinski definition) is 5. The molecule has 0 amide bonds. The number of aliphatic hydroxyl groups is 1. The molecule has 0 radical (unpaired) electrons. The molecule has 1 saturated heterocycles. The van der Waals surface area contributed by atoms with Gasteiger partial charge in [0, 0.05) is 7.11 Å². The summed E-state index contributed by atoms with van der Waals surface area (Å²) >= 11 is 0. The van der Waals surface area contributed by atoms with Crippen LogP contribution in [0.1, 0.15) is 5.56 Å². The summed E-state index contributed by atoms with van der Waals surface area (Å²) in [7, 11) is 0.991. The van der Waals surface area contributed by atoms with Gasteiger partial charge >= 0.3 is 12.1 Å². The van der Waals surface area contributed by atoms with Crippen molar-refractivity contribution in [2.45, 2.75) is 31.1 Å². The molecule has 0 spiro atoms. The fourth-order valence-corrected chi connectivity index (χ4v) is 2.48. The van der Waals surface area contributed by atoms with E-state index < -0.39 is 43.0 Å². The third-order valence-electron chi connectivity index (χ3n) is 3.58. The highest BCUT2D eigenvalue weighted by atomic mass is 19.4. The third kappa shape index (κ3) is 4.21. The molecular formula is C15H17F3O5. The second kappa shape index (κ2) is 7.29. The molecule has 1 aromatic rings. The molecule has 0 bridgehead atoms. The summed E-state index contributed by atoms with van der Waals surface area (Å²) in [6.45, 7) is -0.265. The molecule has 0 aromatic heterocycles. The van der Waals surface area contributed by atoms with Crippen molar-refractivity contribution < 1.29 is 37.3 Å². The highest BCUT2D eigenvalue weighted by Gasteiger charge is 2.60. The van der Waals surface area contributed by atoms with Gasteiger partial charge in [-0.1, -0.05) is 30.3 Å². The molecule has 1 N–H and O–H groups in total. The molecule has 1 heterocycles. The molecule has 1 aliphatic heterocycles. The number of halogens is 3. The zero-order valence-corrected chi connectivity index (χ0v) is 12.3. The minimum Gasteiger partial charge on any atom is -0.457 e. The van der Waals surface area contributed by atoms with Gasteiger partial charge in [0.05, 0.1) is 13.2 Å². The lowest BCUT2D eigenvalue weighted by Crippen LogP contribution is -2.45. The first-order valence-electron chi connectivity index (χ1n) is 6.94. The van der Waals surface area contributed by atoms with E-state index in [1.165, 1.54) is 0 Å². The van der Waals surface area contributed by atoms with E-state index in [1.54, 1.807) is 24.3 Å². The number of esters is 1. The normalized spacial score (nSPS) is 26.1. The average Bonchev–Trinajstić information content (AvgIpc) is 2.85. The largest absolute Gasteiger partial charge is 0.457 e. The van der Waals surface area contributed by atoms with Gasteiger partial charge in [0.2, 0.25) is 0 Å². The van der Waals surface area contributed by atoms with Crippen LogP contribution in [0.3, 0.4) is 0 Å². The number of benzene rings is 1. The molecular weight excluding hydrogens is 317 g/mol. The van der Waals surface area contributed by atoms with Crippen molar-refractivity contribution in [3.63, 3.8) is 0 Å². The van der Waals surface area contributed by atoms with Crippen LogP contribution >= 0.6 is 0 Å². The molecule has 23 heavy (non-hydrogen) atoms. The highest BCUT2D eigenvalue weighted by molar-refractivity contribution is 5.78. The van der Waals surface area contributed by atoms with Crippen LogP contribution < -0.4 is 0 Å². The molecule has 5 nitrogen and oxygen atoms in total. The van der Waals surface area contributed by atoms with Crippen molar-refractivity contribution >= 4 is 5.97 Å². The van der Waals surface area contributed by atoms with Crippen LogP contribution in [0.25, 0.3) is 0 Å². The SMILES string of the molecule is CO[C@@H]1C(=O)O[C@H]([C@@H](O)COCc2ccccc2)[C@@H]1C(F)(F)F. The van der Waals surface area contributed by atoms with E-state index in [-0.39, 0.29) is 6.61 Å². The fourth-order valence-electron chi connectivity index (χ4n) is 2.48. The first-order valence-corrected chi connectivity index (χ1v) is 6.94. The third-order valence-corrected chi connectivity index (χ3v) is 3.58. The van der Waals surface area contributed by atoms with Gasteiger partial charge in [-0.15, -0.1) is 0 Å². The van der Waals surface area contributed by atoms with Gasteiger partial charge in [-0.05, 0) is 5.56 Å². The zero-order chi connectivity index (χ0) is 17.0. The van der Waals surface area contributed by atoms with E-state index in [0.29, 0.717) is 0 Å². The number of hydrogen-bond donors (Lipinski definition) is 1. The van der Waals surface area contributed by atoms with Crippen LogP contribution in [0.2, 0.25) is 0 Å². The molecule has 8 heteroatoms. The van der Waals surface area contributed by atoms with Crippen molar-refractivity contribution in [1.29, 1.82) is 0 Å². The van der Waals surface area contributed by atoms with Gasteiger partial charge in [-0.2, -0.15) is 13.2 Å². The van der Waals surface area contributed by atoms with Gasteiger partial charge in [-0.25, -0.2) is 4.79 Å². The van der Waals surface area contributed by atoms with E-state index in [0.717, 1.165) is 12.7 Å². The minimum absolute atomic E-state index is 0.128. The Hall–Kier alpha value is -1.64. The topological polar surface area (TPSA) is 65.0 Å². The fraction of sp³-hybridized carbons (Fsp3) is 0.533. The first kappa shape index (κ1) is 17.7. The zero-order valence-electron chi connectivity index (χ0n) is 12.3. The Morgan fingerprint density at radius 3 is 2.52 bits per heavy atom. The monoisotopic (exact) mass is 334 g/mol. The van der Waals surface area contributed by atoms with E-state index >= 15 is 0 Å². The molecule has 0 unspecified atom stereocenters. The smallest absolute Gasteiger partial charge is 0.398 e. The summed E-state index contributed by atoms with van der Waals surface area (Å²) in [4.78, 5) is 11.5. The maximum Gasteiger partial charge on any atom is 0.398 e. The van der Waals surface area contributed by atoms with Gasteiger partial charge in [0.25, 0.3) is 0 Å². The van der Waals surface area contributed by atoms with Gasteiger partial charge < -0.3 is 19.3 Å². The van der Waals surface area contributed by atoms with Crippen LogP contribution in [-0.2, 0) is 25.6 Å². The van der Waals surface area contributed by atoms with E-state index in [4.69, 9.17) is 4.74 Å². The molecule has 1 aliphatic rings. The second-order valence-electron chi connectivity index (χ2n) is 5.19. The quantitative estimate of drug-likeness (QED) is 0.802. The van der Waals surface area contributed by atoms with Crippen molar-refractivity contribution in [3.8, 4) is 0 Å². The van der Waals surface area contributed by atoms with Crippen molar-refractivity contribution in [1.82, 2.24) is 0 Å². The Morgan fingerprint density at radius 2 is 1.96 bits per heavy atom. The number of alkyl halides is 3. The predicted molar refractivity (Wildman–Crippen MR) is 72.3 cm³/mol. The minimum atomic E-state index is -4.74. The van der Waals surface area contributed by atoms with Gasteiger partial charge in [0.1, 0.15) is 18.1 Å². The van der Waals surface area contributed by atoms with Crippen molar-refractivity contribution in [2.75, 3.05) is 13.7 Å². The Bertz CT molecular complexity index is 520. The van der Waals surface area contributed by atoms with E-state index in [1.807, 2.05) is 6.07 Å². The molecule has 1 aromatic carbocycles. The van der Waals surface area contributed by atoms with Crippen molar-refractivity contribution in [3.05, 3.63) is 35.9 Å². The summed E-state index contributed by atoms with van der Waals surface area (Å²) in [6, 6.07) is 8.95. The lowest BCUT2D eigenvalue weighted by Gasteiger charge is -2.26.